The molecule has 0 bridgehead atoms. The third-order valence-electron chi connectivity index (χ3n) is 5.66. The lowest BCUT2D eigenvalue weighted by Crippen LogP contribution is -2.71. The molecule has 5 rings (SSSR count). The zero-order valence-corrected chi connectivity index (χ0v) is 20.4. The Bertz CT molecular complexity index is 1490. The van der Waals surface area contributed by atoms with Gasteiger partial charge in [-0.15, -0.1) is 23.1 Å². The normalized spacial score (nSPS) is 19.5. The number of carboxylic acid groups (broad SMARTS) is 1. The number of nitrogens with two attached hydrogens (primary N) is 2. The average molecular weight is 548 g/mol. The fourth-order valence-corrected chi connectivity index (χ4v) is 5.94. The molecule has 0 spiro atoms. The van der Waals surface area contributed by atoms with Gasteiger partial charge in [-0.05, 0) is 0 Å². The molecule has 0 saturated carbocycles. The van der Waals surface area contributed by atoms with Crippen molar-refractivity contribution in [3.63, 3.8) is 0 Å². The molecule has 14 nitrogen and oxygen atoms in total. The van der Waals surface area contributed by atoms with Crippen LogP contribution in [0.15, 0.2) is 46.3 Å². The molecular weight excluding hydrogens is 529 g/mol. The van der Waals surface area contributed by atoms with Gasteiger partial charge in [0.2, 0.25) is 5.82 Å². The van der Waals surface area contributed by atoms with Gasteiger partial charge in [0.05, 0.1) is 30.1 Å². The molecule has 2 aliphatic rings. The summed E-state index contributed by atoms with van der Waals surface area (Å²) in [6.07, 6.45) is 3.25. The molecule has 0 radical (unpaired) electrons. The summed E-state index contributed by atoms with van der Waals surface area (Å²) >= 11 is 2.30. The number of thiazole rings is 1. The van der Waals surface area contributed by atoms with E-state index < -0.39 is 36.1 Å². The maximum Gasteiger partial charge on any atom is 0.310 e. The summed E-state index contributed by atoms with van der Waals surface area (Å²) in [4.78, 5) is 47.4. The Kier molecular flexibility index (Phi) is 6.38. The number of carbonyl (C=O) groups excluding carboxylic acids is 3. The number of alkyl halides is 1. The molecule has 2 atom stereocenters. The van der Waals surface area contributed by atoms with E-state index in [2.05, 4.69) is 25.4 Å². The highest BCUT2D eigenvalue weighted by molar-refractivity contribution is 8.00. The summed E-state index contributed by atoms with van der Waals surface area (Å²) in [7, 11) is 0. The number of carbonyl (C=O) groups is 3. The van der Waals surface area contributed by atoms with Crippen molar-refractivity contribution >= 4 is 63.2 Å². The first-order chi connectivity index (χ1) is 17.8. The van der Waals surface area contributed by atoms with Crippen molar-refractivity contribution in [2.24, 2.45) is 5.16 Å². The zero-order chi connectivity index (χ0) is 26.3. The third-order valence-corrected chi connectivity index (χ3v) is 7.67. The number of aromatic nitrogens is 4. The minimum Gasteiger partial charge on any atom is -0.543 e. The van der Waals surface area contributed by atoms with Gasteiger partial charge in [-0.2, -0.15) is 0 Å². The Morgan fingerprint density at radius 3 is 2.89 bits per heavy atom. The minimum atomic E-state index is -1.52. The maximum atomic E-state index is 13.0. The number of halogens is 1. The monoisotopic (exact) mass is 547 g/mol. The van der Waals surface area contributed by atoms with Crippen LogP contribution in [-0.2, 0) is 25.8 Å². The number of β-lactam (4-membered cyclic amide) rings is 1. The van der Waals surface area contributed by atoms with E-state index in [1.807, 2.05) is 0 Å². The lowest BCUT2D eigenvalue weighted by atomic mass is 10.0. The van der Waals surface area contributed by atoms with Crippen LogP contribution in [-0.4, -0.2) is 67.0 Å². The number of hydrogen-bond acceptors (Lipinski definition) is 12. The highest BCUT2D eigenvalue weighted by Gasteiger charge is 2.53. The summed E-state index contributed by atoms with van der Waals surface area (Å²) < 4.78 is 15.8. The van der Waals surface area contributed by atoms with Crippen molar-refractivity contribution in [3.05, 3.63) is 46.9 Å². The van der Waals surface area contributed by atoms with Crippen LogP contribution >= 0.6 is 23.1 Å². The SMILES string of the molecule is Nc1nc(/C(=N\OCF)C(=O)N[C@@H]2C(=O)N3C(C(=O)[O-])=C(C[n+]4ccc(N)n5nccc54)CS[C@H]23)cs1. The van der Waals surface area contributed by atoms with Gasteiger partial charge in [-0.25, -0.2) is 13.9 Å². The summed E-state index contributed by atoms with van der Waals surface area (Å²) in [6.45, 7) is -1.15. The van der Waals surface area contributed by atoms with Gasteiger partial charge < -0.3 is 31.5 Å². The number of oxime groups is 1. The summed E-state index contributed by atoms with van der Waals surface area (Å²) in [5, 5.41) is 23.1. The number of hydrogen-bond donors (Lipinski definition) is 3. The van der Waals surface area contributed by atoms with Gasteiger partial charge >= 0.3 is 5.65 Å². The second kappa shape index (κ2) is 9.66. The number of nitrogen functional groups attached to an aromatic ring is 2. The molecule has 17 heteroatoms. The van der Waals surface area contributed by atoms with Gasteiger partial charge in [0.15, 0.2) is 10.8 Å². The lowest BCUT2D eigenvalue weighted by molar-refractivity contribution is -0.666. The Morgan fingerprint density at radius 2 is 2.19 bits per heavy atom. The summed E-state index contributed by atoms with van der Waals surface area (Å²) in [5.74, 6) is -2.38. The zero-order valence-electron chi connectivity index (χ0n) is 18.7. The van der Waals surface area contributed by atoms with Crippen LogP contribution in [0.25, 0.3) is 5.65 Å². The second-order valence-electron chi connectivity index (χ2n) is 7.82. The smallest absolute Gasteiger partial charge is 0.310 e. The maximum absolute atomic E-state index is 13.0. The summed E-state index contributed by atoms with van der Waals surface area (Å²) in [6, 6.07) is 2.28. The molecule has 2 aliphatic heterocycles. The van der Waals surface area contributed by atoms with Crippen LogP contribution in [0.1, 0.15) is 5.69 Å². The van der Waals surface area contributed by atoms with Crippen molar-refractivity contribution in [2.75, 3.05) is 24.1 Å². The van der Waals surface area contributed by atoms with E-state index in [1.165, 1.54) is 21.7 Å². The summed E-state index contributed by atoms with van der Waals surface area (Å²) in [5.41, 5.74) is 12.0. The molecule has 1 fully saturated rings. The molecule has 5 heterocycles. The van der Waals surface area contributed by atoms with Gasteiger partial charge in [0.25, 0.3) is 18.7 Å². The number of nitrogens with zero attached hydrogens (tertiary/aromatic N) is 6. The highest BCUT2D eigenvalue weighted by atomic mass is 32.2. The Morgan fingerprint density at radius 1 is 1.38 bits per heavy atom. The standard InChI is InChI=1S/C20H18FN9O5S2/c21-8-35-27-13(10-7-37-20(23)25-10)16(31)26-14-17(32)29-15(19(33)34)9(6-36-18(14)29)5-28-4-2-11(22)30-12(28)1-3-24-30/h1-4,7,14,18,22H,5-6,8H2,(H4,23,25,26,31,33,34)/b27-13+/t14-,18-/m1/s1. The number of nitrogens with one attached hydrogen (secondary N) is 1. The van der Waals surface area contributed by atoms with Crippen molar-refractivity contribution in [3.8, 4) is 0 Å². The van der Waals surface area contributed by atoms with Gasteiger partial charge in [0.1, 0.15) is 23.7 Å². The molecule has 0 aromatic carbocycles. The lowest BCUT2D eigenvalue weighted by Gasteiger charge is -2.50. The molecule has 5 N–H and O–H groups in total. The van der Waals surface area contributed by atoms with Crippen molar-refractivity contribution in [2.45, 2.75) is 18.0 Å². The van der Waals surface area contributed by atoms with E-state index in [1.54, 1.807) is 29.1 Å². The Balaban J connectivity index is 1.38. The van der Waals surface area contributed by atoms with E-state index in [0.29, 0.717) is 17.0 Å². The molecule has 3 aromatic rings. The van der Waals surface area contributed by atoms with Gasteiger partial charge in [0, 0.05) is 22.8 Å². The number of fused-ring (bicyclic) bond motifs is 2. The number of amides is 2. The van der Waals surface area contributed by atoms with Gasteiger partial charge in [-0.1, -0.05) is 14.8 Å². The highest BCUT2D eigenvalue weighted by Crippen LogP contribution is 2.40. The number of thioether (sulfide) groups is 1. The molecule has 3 aromatic heterocycles. The van der Waals surface area contributed by atoms with E-state index in [4.69, 9.17) is 11.5 Å². The first-order valence-corrected chi connectivity index (χ1v) is 12.5. The van der Waals surface area contributed by atoms with Crippen LogP contribution in [0.4, 0.5) is 15.3 Å². The second-order valence-corrected chi connectivity index (χ2v) is 9.81. The van der Waals surface area contributed by atoms with E-state index >= 15 is 0 Å². The van der Waals surface area contributed by atoms with E-state index in [9.17, 15) is 23.9 Å². The van der Waals surface area contributed by atoms with Crippen molar-refractivity contribution in [1.82, 2.24) is 24.8 Å². The first kappa shape index (κ1) is 24.4. The molecule has 0 aliphatic carbocycles. The molecule has 2 amide bonds. The Labute approximate surface area is 215 Å². The van der Waals surface area contributed by atoms with Crippen molar-refractivity contribution < 1.29 is 33.3 Å². The fourth-order valence-electron chi connectivity index (χ4n) is 4.06. The minimum absolute atomic E-state index is 0.0395. The number of rotatable bonds is 8. The third kappa shape index (κ3) is 4.31. The molecular formula is C20H18FN9O5S2. The van der Waals surface area contributed by atoms with E-state index in [0.717, 1.165) is 16.2 Å². The Hall–Kier alpha value is -4.25. The van der Waals surface area contributed by atoms with Crippen LogP contribution in [0.2, 0.25) is 0 Å². The number of aliphatic carboxylic acids is 1. The molecule has 192 valence electrons. The average Bonchev–Trinajstić information content (AvgIpc) is 3.54. The quantitative estimate of drug-likeness (QED) is 0.123. The molecule has 1 saturated heterocycles. The van der Waals surface area contributed by atoms with Crippen LogP contribution < -0.4 is 26.5 Å². The predicted octanol–water partition coefficient (Wildman–Crippen LogP) is -2.01. The first-order valence-electron chi connectivity index (χ1n) is 10.6. The number of anilines is 2. The molecule has 37 heavy (non-hydrogen) atoms. The van der Waals surface area contributed by atoms with Crippen LogP contribution in [0.3, 0.4) is 0 Å². The number of carboxylic acids is 1. The van der Waals surface area contributed by atoms with Crippen molar-refractivity contribution in [1.29, 1.82) is 0 Å². The largest absolute Gasteiger partial charge is 0.543 e. The molecule has 0 unspecified atom stereocenters. The van der Waals surface area contributed by atoms with E-state index in [-0.39, 0.29) is 34.5 Å². The predicted molar refractivity (Wildman–Crippen MR) is 127 cm³/mol. The van der Waals surface area contributed by atoms with Crippen LogP contribution in [0.5, 0.6) is 0 Å². The fraction of sp³-hybridized carbons (Fsp3) is 0.250. The van der Waals surface area contributed by atoms with Gasteiger partial charge in [-0.3, -0.25) is 14.5 Å². The topological polar surface area (TPSA) is 197 Å². The van der Waals surface area contributed by atoms with Crippen LogP contribution in [0, 0.1) is 0 Å².